The Bertz CT molecular complexity index is 273. The maximum absolute atomic E-state index is 12.4. The van der Waals surface area contributed by atoms with Crippen LogP contribution in [-0.4, -0.2) is 11.3 Å². The molecule has 0 aliphatic carbocycles. The van der Waals surface area contributed by atoms with Crippen LogP contribution in [0, 0.1) is 13.8 Å². The standard InChI is InChI=1S/C9H12FNO/c1-6-4-9(12-8(3)10)7(2)11-5-6/h4-5,8H,1-3H3. The Kier molecular flexibility index (Phi) is 2.63. The summed E-state index contributed by atoms with van der Waals surface area (Å²) in [6.07, 6.45) is 0.442. The van der Waals surface area contributed by atoms with E-state index in [2.05, 4.69) is 4.98 Å². The van der Waals surface area contributed by atoms with Gasteiger partial charge in [-0.15, -0.1) is 0 Å². The molecular weight excluding hydrogens is 157 g/mol. The van der Waals surface area contributed by atoms with Crippen LogP contribution in [0.25, 0.3) is 0 Å². The second kappa shape index (κ2) is 3.52. The molecule has 1 unspecified atom stereocenters. The molecule has 1 atom stereocenters. The van der Waals surface area contributed by atoms with Crippen LogP contribution in [0.15, 0.2) is 12.3 Å². The quantitative estimate of drug-likeness (QED) is 0.678. The molecule has 0 aliphatic rings. The van der Waals surface area contributed by atoms with E-state index in [1.807, 2.05) is 6.92 Å². The SMILES string of the molecule is Cc1cnc(C)c(OC(C)F)c1. The number of ether oxygens (including phenoxy) is 1. The first-order valence-electron chi connectivity index (χ1n) is 3.83. The van der Waals surface area contributed by atoms with E-state index in [0.717, 1.165) is 5.56 Å². The third kappa shape index (κ3) is 2.19. The van der Waals surface area contributed by atoms with Crippen LogP contribution in [0.3, 0.4) is 0 Å². The van der Waals surface area contributed by atoms with E-state index >= 15 is 0 Å². The van der Waals surface area contributed by atoms with Crippen LogP contribution in [-0.2, 0) is 0 Å². The molecule has 1 heterocycles. The lowest BCUT2D eigenvalue weighted by Gasteiger charge is -2.09. The van der Waals surface area contributed by atoms with Gasteiger partial charge in [-0.05, 0) is 25.5 Å². The van der Waals surface area contributed by atoms with Crippen molar-refractivity contribution in [2.24, 2.45) is 0 Å². The van der Waals surface area contributed by atoms with Crippen molar-refractivity contribution in [3.8, 4) is 5.75 Å². The van der Waals surface area contributed by atoms with E-state index in [4.69, 9.17) is 4.74 Å². The van der Waals surface area contributed by atoms with Crippen molar-refractivity contribution in [2.75, 3.05) is 0 Å². The number of hydrogen-bond acceptors (Lipinski definition) is 2. The van der Waals surface area contributed by atoms with Gasteiger partial charge in [-0.2, -0.15) is 0 Å². The van der Waals surface area contributed by atoms with Crippen LogP contribution in [0.4, 0.5) is 4.39 Å². The van der Waals surface area contributed by atoms with Crippen molar-refractivity contribution >= 4 is 0 Å². The Labute approximate surface area is 71.4 Å². The number of aryl methyl sites for hydroxylation is 2. The van der Waals surface area contributed by atoms with E-state index in [1.54, 1.807) is 19.2 Å². The summed E-state index contributed by atoms with van der Waals surface area (Å²) in [6.45, 7) is 5.03. The zero-order chi connectivity index (χ0) is 9.14. The van der Waals surface area contributed by atoms with E-state index in [0.29, 0.717) is 11.4 Å². The van der Waals surface area contributed by atoms with Gasteiger partial charge in [-0.1, -0.05) is 0 Å². The minimum Gasteiger partial charge on any atom is -0.459 e. The molecule has 0 aliphatic heterocycles. The second-order valence-electron chi connectivity index (χ2n) is 2.76. The molecule has 1 aromatic heterocycles. The van der Waals surface area contributed by atoms with Crippen molar-refractivity contribution in [3.63, 3.8) is 0 Å². The monoisotopic (exact) mass is 169 g/mol. The average molecular weight is 169 g/mol. The van der Waals surface area contributed by atoms with Crippen molar-refractivity contribution in [2.45, 2.75) is 27.1 Å². The number of halogens is 1. The largest absolute Gasteiger partial charge is 0.459 e. The maximum atomic E-state index is 12.4. The van der Waals surface area contributed by atoms with Gasteiger partial charge in [0.15, 0.2) is 0 Å². The van der Waals surface area contributed by atoms with E-state index in [-0.39, 0.29) is 0 Å². The van der Waals surface area contributed by atoms with Gasteiger partial charge in [0.1, 0.15) is 5.75 Å². The zero-order valence-corrected chi connectivity index (χ0v) is 7.47. The molecular formula is C9H12FNO. The topological polar surface area (TPSA) is 22.1 Å². The Hall–Kier alpha value is -1.12. The first-order chi connectivity index (χ1) is 5.59. The Morgan fingerprint density at radius 3 is 2.75 bits per heavy atom. The van der Waals surface area contributed by atoms with Gasteiger partial charge in [-0.25, -0.2) is 4.39 Å². The average Bonchev–Trinajstić information content (AvgIpc) is 1.96. The molecule has 12 heavy (non-hydrogen) atoms. The van der Waals surface area contributed by atoms with Crippen LogP contribution < -0.4 is 4.74 Å². The lowest BCUT2D eigenvalue weighted by Crippen LogP contribution is -2.05. The van der Waals surface area contributed by atoms with Crippen LogP contribution >= 0.6 is 0 Å². The fourth-order valence-electron chi connectivity index (χ4n) is 0.905. The molecule has 0 fully saturated rings. The van der Waals surface area contributed by atoms with Gasteiger partial charge < -0.3 is 4.74 Å². The van der Waals surface area contributed by atoms with Gasteiger partial charge in [0, 0.05) is 13.1 Å². The number of nitrogens with zero attached hydrogens (tertiary/aromatic N) is 1. The summed E-state index contributed by atoms with van der Waals surface area (Å²) >= 11 is 0. The van der Waals surface area contributed by atoms with Gasteiger partial charge in [0.2, 0.25) is 6.36 Å². The summed E-state index contributed by atoms with van der Waals surface area (Å²) in [5.41, 5.74) is 1.68. The highest BCUT2D eigenvalue weighted by Gasteiger charge is 2.04. The highest BCUT2D eigenvalue weighted by atomic mass is 19.1. The molecule has 1 aromatic rings. The van der Waals surface area contributed by atoms with Gasteiger partial charge in [0.25, 0.3) is 0 Å². The van der Waals surface area contributed by atoms with Crippen LogP contribution in [0.5, 0.6) is 5.75 Å². The number of hydrogen-bond donors (Lipinski definition) is 0. The molecule has 66 valence electrons. The summed E-state index contributed by atoms with van der Waals surface area (Å²) in [6, 6.07) is 1.78. The van der Waals surface area contributed by atoms with E-state index in [1.165, 1.54) is 6.92 Å². The normalized spacial score (nSPS) is 12.7. The Morgan fingerprint density at radius 1 is 1.50 bits per heavy atom. The fourth-order valence-corrected chi connectivity index (χ4v) is 0.905. The Balaban J connectivity index is 2.90. The molecule has 0 amide bonds. The maximum Gasteiger partial charge on any atom is 0.235 e. The molecule has 0 aromatic carbocycles. The summed E-state index contributed by atoms with van der Waals surface area (Å²) in [5, 5.41) is 0. The van der Waals surface area contributed by atoms with Crippen LogP contribution in [0.2, 0.25) is 0 Å². The minimum atomic E-state index is -1.28. The summed E-state index contributed by atoms with van der Waals surface area (Å²) in [4.78, 5) is 4.04. The molecule has 1 rings (SSSR count). The van der Waals surface area contributed by atoms with Crippen molar-refractivity contribution < 1.29 is 9.13 Å². The third-order valence-electron chi connectivity index (χ3n) is 1.47. The van der Waals surface area contributed by atoms with Gasteiger partial charge in [-0.3, -0.25) is 4.98 Å². The molecule has 0 saturated heterocycles. The zero-order valence-electron chi connectivity index (χ0n) is 7.47. The van der Waals surface area contributed by atoms with Crippen molar-refractivity contribution in [1.82, 2.24) is 4.98 Å². The highest BCUT2D eigenvalue weighted by molar-refractivity contribution is 5.29. The first kappa shape index (κ1) is 8.97. The number of alkyl halides is 1. The molecule has 0 N–H and O–H groups in total. The lowest BCUT2D eigenvalue weighted by atomic mass is 10.2. The molecule has 0 bridgehead atoms. The van der Waals surface area contributed by atoms with Crippen molar-refractivity contribution in [1.29, 1.82) is 0 Å². The van der Waals surface area contributed by atoms with Gasteiger partial charge in [0.05, 0.1) is 5.69 Å². The first-order valence-corrected chi connectivity index (χ1v) is 3.83. The lowest BCUT2D eigenvalue weighted by molar-refractivity contribution is 0.0847. The van der Waals surface area contributed by atoms with Crippen LogP contribution in [0.1, 0.15) is 18.2 Å². The molecule has 2 nitrogen and oxygen atoms in total. The molecule has 3 heteroatoms. The molecule has 0 saturated carbocycles. The minimum absolute atomic E-state index is 0.519. The van der Waals surface area contributed by atoms with Crippen molar-refractivity contribution in [3.05, 3.63) is 23.5 Å². The third-order valence-corrected chi connectivity index (χ3v) is 1.47. The fraction of sp³-hybridized carbons (Fsp3) is 0.444. The summed E-state index contributed by atoms with van der Waals surface area (Å²) in [7, 11) is 0. The predicted octanol–water partition coefficient (Wildman–Crippen LogP) is 2.39. The number of aromatic nitrogens is 1. The number of rotatable bonds is 2. The van der Waals surface area contributed by atoms with E-state index < -0.39 is 6.36 Å². The number of pyridine rings is 1. The summed E-state index contributed by atoms with van der Waals surface area (Å²) in [5.74, 6) is 0.519. The van der Waals surface area contributed by atoms with E-state index in [9.17, 15) is 4.39 Å². The smallest absolute Gasteiger partial charge is 0.235 e. The molecule has 0 radical (unpaired) electrons. The second-order valence-corrected chi connectivity index (χ2v) is 2.76. The van der Waals surface area contributed by atoms with Gasteiger partial charge >= 0.3 is 0 Å². The summed E-state index contributed by atoms with van der Waals surface area (Å²) < 4.78 is 17.3. The molecule has 0 spiro atoms. The predicted molar refractivity (Wildman–Crippen MR) is 44.9 cm³/mol. The highest BCUT2D eigenvalue weighted by Crippen LogP contribution is 2.17. The Morgan fingerprint density at radius 2 is 2.17 bits per heavy atom.